The molecule has 0 aliphatic carbocycles. The molecule has 7 nitrogen and oxygen atoms in total. The van der Waals surface area contributed by atoms with Crippen LogP contribution in [-0.2, 0) is 0 Å². The van der Waals surface area contributed by atoms with Crippen molar-refractivity contribution in [2.24, 2.45) is 0 Å². The number of hydrogen-bond acceptors (Lipinski definition) is 5. The van der Waals surface area contributed by atoms with Crippen molar-refractivity contribution in [1.82, 2.24) is 15.3 Å². The normalized spacial score (nSPS) is 18.0. The molecule has 3 rings (SSSR count). The minimum absolute atomic E-state index is 0.0286. The molecule has 2 unspecified atom stereocenters. The van der Waals surface area contributed by atoms with Gasteiger partial charge in [0.25, 0.3) is 0 Å². The molecular weight excluding hydrogens is 306 g/mol. The Morgan fingerprint density at radius 3 is 2.88 bits per heavy atom. The van der Waals surface area contributed by atoms with Crippen LogP contribution in [0.15, 0.2) is 42.7 Å². The molecule has 3 heterocycles. The summed E-state index contributed by atoms with van der Waals surface area (Å²) >= 11 is 0. The molecule has 1 aliphatic heterocycles. The number of carbonyl (C=O) groups is 1. The standard InChI is InChI=1S/C17H21N5O2/c1-12(14-4-3-9-19-14)24-16-6-2-5-15(21-16)22-17(23)20-13-7-10-18-11-8-13/h2,5-8,10-12,14,19H,3-4,9H2,1H3,(H2,18,20,21,22,23). The highest BCUT2D eigenvalue weighted by Gasteiger charge is 2.22. The zero-order chi connectivity index (χ0) is 16.8. The third-order valence-corrected chi connectivity index (χ3v) is 3.88. The van der Waals surface area contributed by atoms with Gasteiger partial charge in [0, 0.05) is 30.2 Å². The lowest BCUT2D eigenvalue weighted by Gasteiger charge is -2.20. The van der Waals surface area contributed by atoms with Crippen LogP contribution in [0.25, 0.3) is 0 Å². The van der Waals surface area contributed by atoms with E-state index >= 15 is 0 Å². The highest BCUT2D eigenvalue weighted by Crippen LogP contribution is 2.17. The predicted molar refractivity (Wildman–Crippen MR) is 92.2 cm³/mol. The molecule has 2 amide bonds. The van der Waals surface area contributed by atoms with Gasteiger partial charge in [-0.15, -0.1) is 0 Å². The second-order valence-electron chi connectivity index (χ2n) is 5.70. The van der Waals surface area contributed by atoms with E-state index in [1.807, 2.05) is 6.92 Å². The Labute approximate surface area is 140 Å². The fourth-order valence-corrected chi connectivity index (χ4v) is 2.65. The second-order valence-corrected chi connectivity index (χ2v) is 5.70. The second kappa shape index (κ2) is 7.74. The van der Waals surface area contributed by atoms with Crippen molar-refractivity contribution in [3.63, 3.8) is 0 Å². The average Bonchev–Trinajstić information content (AvgIpc) is 3.10. The van der Waals surface area contributed by atoms with Crippen molar-refractivity contribution in [2.45, 2.75) is 31.9 Å². The molecule has 1 saturated heterocycles. The molecule has 3 N–H and O–H groups in total. The number of carbonyl (C=O) groups excluding carboxylic acids is 1. The Balaban J connectivity index is 1.57. The third kappa shape index (κ3) is 4.42. The smallest absolute Gasteiger partial charge is 0.324 e. The summed E-state index contributed by atoms with van der Waals surface area (Å²) in [7, 11) is 0. The zero-order valence-electron chi connectivity index (χ0n) is 13.5. The van der Waals surface area contributed by atoms with Crippen LogP contribution in [0.1, 0.15) is 19.8 Å². The average molecular weight is 327 g/mol. The molecule has 0 saturated carbocycles. The predicted octanol–water partition coefficient (Wildman–Crippen LogP) is 2.64. The van der Waals surface area contributed by atoms with Gasteiger partial charge >= 0.3 is 6.03 Å². The summed E-state index contributed by atoms with van der Waals surface area (Å²) in [4.78, 5) is 20.2. The Morgan fingerprint density at radius 1 is 1.29 bits per heavy atom. The van der Waals surface area contributed by atoms with Crippen LogP contribution in [0.4, 0.5) is 16.3 Å². The van der Waals surface area contributed by atoms with Gasteiger partial charge in [0.1, 0.15) is 11.9 Å². The number of nitrogens with zero attached hydrogens (tertiary/aromatic N) is 2. The Bertz CT molecular complexity index is 674. The third-order valence-electron chi connectivity index (χ3n) is 3.88. The lowest BCUT2D eigenvalue weighted by atomic mass is 10.1. The molecule has 0 bridgehead atoms. The van der Waals surface area contributed by atoms with Gasteiger partial charge in [-0.2, -0.15) is 4.98 Å². The van der Waals surface area contributed by atoms with Crippen molar-refractivity contribution in [3.8, 4) is 5.88 Å². The van der Waals surface area contributed by atoms with Crippen LogP contribution in [0.5, 0.6) is 5.88 Å². The number of nitrogens with one attached hydrogen (secondary N) is 3. The molecule has 7 heteroatoms. The number of hydrogen-bond donors (Lipinski definition) is 3. The summed E-state index contributed by atoms with van der Waals surface area (Å²) in [6.45, 7) is 3.06. The number of aromatic nitrogens is 2. The van der Waals surface area contributed by atoms with E-state index in [0.29, 0.717) is 23.4 Å². The first-order valence-electron chi connectivity index (χ1n) is 8.06. The SMILES string of the molecule is CC(Oc1cccc(NC(=O)Nc2ccncc2)n1)C1CCCN1. The summed E-state index contributed by atoms with van der Waals surface area (Å²) in [6, 6.07) is 8.72. The fraction of sp³-hybridized carbons (Fsp3) is 0.353. The van der Waals surface area contributed by atoms with E-state index in [2.05, 4.69) is 25.9 Å². The number of urea groups is 1. The molecule has 1 aliphatic rings. The van der Waals surface area contributed by atoms with Crippen molar-refractivity contribution < 1.29 is 9.53 Å². The minimum Gasteiger partial charge on any atom is -0.473 e. The Kier molecular flexibility index (Phi) is 5.22. The number of rotatable bonds is 5. The lowest BCUT2D eigenvalue weighted by Crippen LogP contribution is -2.36. The molecular formula is C17H21N5O2. The molecule has 1 fully saturated rings. The zero-order valence-corrected chi connectivity index (χ0v) is 13.5. The van der Waals surface area contributed by atoms with E-state index in [9.17, 15) is 4.79 Å². The van der Waals surface area contributed by atoms with Gasteiger partial charge in [0.15, 0.2) is 0 Å². The molecule has 24 heavy (non-hydrogen) atoms. The topological polar surface area (TPSA) is 88.2 Å². The Morgan fingerprint density at radius 2 is 2.12 bits per heavy atom. The molecule has 2 aromatic rings. The summed E-state index contributed by atoms with van der Waals surface area (Å²) in [5.41, 5.74) is 0.663. The van der Waals surface area contributed by atoms with Gasteiger partial charge < -0.3 is 15.4 Å². The fourth-order valence-electron chi connectivity index (χ4n) is 2.65. The van der Waals surface area contributed by atoms with Crippen molar-refractivity contribution in [1.29, 1.82) is 0 Å². The maximum atomic E-state index is 12.0. The summed E-state index contributed by atoms with van der Waals surface area (Å²) in [5.74, 6) is 0.934. The summed E-state index contributed by atoms with van der Waals surface area (Å²) in [6.07, 6.45) is 5.53. The highest BCUT2D eigenvalue weighted by molar-refractivity contribution is 5.99. The van der Waals surface area contributed by atoms with Gasteiger partial charge in [0.2, 0.25) is 5.88 Å². The van der Waals surface area contributed by atoms with Crippen LogP contribution in [-0.4, -0.2) is 34.7 Å². The van der Waals surface area contributed by atoms with E-state index in [1.165, 1.54) is 6.42 Å². The van der Waals surface area contributed by atoms with Crippen molar-refractivity contribution in [3.05, 3.63) is 42.7 Å². The van der Waals surface area contributed by atoms with E-state index in [4.69, 9.17) is 4.74 Å². The van der Waals surface area contributed by atoms with Gasteiger partial charge in [-0.3, -0.25) is 10.3 Å². The summed E-state index contributed by atoms with van der Waals surface area (Å²) in [5, 5.41) is 8.82. The maximum absolute atomic E-state index is 12.0. The monoisotopic (exact) mass is 327 g/mol. The number of anilines is 2. The first-order chi connectivity index (χ1) is 11.7. The Hall–Kier alpha value is -2.67. The molecule has 0 aromatic carbocycles. The van der Waals surface area contributed by atoms with Crippen LogP contribution < -0.4 is 20.7 Å². The van der Waals surface area contributed by atoms with Crippen LogP contribution in [0.2, 0.25) is 0 Å². The van der Waals surface area contributed by atoms with Crippen LogP contribution in [0.3, 0.4) is 0 Å². The van der Waals surface area contributed by atoms with E-state index in [0.717, 1.165) is 13.0 Å². The van der Waals surface area contributed by atoms with Gasteiger partial charge in [-0.25, -0.2) is 4.79 Å². The minimum atomic E-state index is -0.364. The van der Waals surface area contributed by atoms with Crippen LogP contribution >= 0.6 is 0 Å². The lowest BCUT2D eigenvalue weighted by molar-refractivity contribution is 0.173. The van der Waals surface area contributed by atoms with E-state index in [1.54, 1.807) is 42.7 Å². The van der Waals surface area contributed by atoms with Gasteiger partial charge in [-0.1, -0.05) is 6.07 Å². The first kappa shape index (κ1) is 16.2. The van der Waals surface area contributed by atoms with Crippen molar-refractivity contribution in [2.75, 3.05) is 17.2 Å². The molecule has 0 spiro atoms. The number of ether oxygens (including phenoxy) is 1. The van der Waals surface area contributed by atoms with E-state index in [-0.39, 0.29) is 12.1 Å². The molecule has 2 aromatic heterocycles. The quantitative estimate of drug-likeness (QED) is 0.786. The number of pyridine rings is 2. The van der Waals surface area contributed by atoms with Crippen molar-refractivity contribution >= 4 is 17.5 Å². The van der Waals surface area contributed by atoms with Gasteiger partial charge in [-0.05, 0) is 44.5 Å². The largest absolute Gasteiger partial charge is 0.473 e. The first-order valence-corrected chi connectivity index (χ1v) is 8.06. The highest BCUT2D eigenvalue weighted by atomic mass is 16.5. The van der Waals surface area contributed by atoms with E-state index < -0.39 is 0 Å². The molecule has 2 atom stereocenters. The molecule has 126 valence electrons. The van der Waals surface area contributed by atoms with Gasteiger partial charge in [0.05, 0.1) is 0 Å². The van der Waals surface area contributed by atoms with Crippen LogP contribution in [0, 0.1) is 0 Å². The summed E-state index contributed by atoms with van der Waals surface area (Å²) < 4.78 is 5.89. The molecule has 0 radical (unpaired) electrons. The maximum Gasteiger partial charge on any atom is 0.324 e. The number of amides is 2.